The van der Waals surface area contributed by atoms with E-state index < -0.39 is 0 Å². The molecule has 1 heterocycles. The van der Waals surface area contributed by atoms with Crippen LogP contribution in [0.15, 0.2) is 27.8 Å². The van der Waals surface area contributed by atoms with Gasteiger partial charge in [-0.2, -0.15) is 0 Å². The molecule has 1 aromatic heterocycles. The largest absolute Gasteiger partial charge is 0.469 e. The van der Waals surface area contributed by atoms with Crippen LogP contribution in [0.4, 0.5) is 0 Å². The molecule has 1 aliphatic rings. The first kappa shape index (κ1) is 14.9. The normalized spacial score (nSPS) is 17.1. The highest BCUT2D eigenvalue weighted by Gasteiger charge is 2.12. The summed E-state index contributed by atoms with van der Waals surface area (Å²) in [4.78, 5) is 4.25. The Kier molecular flexibility index (Phi) is 6.48. The Balaban J connectivity index is 1.57. The minimum absolute atomic E-state index is 0.844. The van der Waals surface area contributed by atoms with Crippen molar-refractivity contribution < 1.29 is 4.42 Å². The number of rotatable bonds is 6. The Morgan fingerprint density at radius 2 is 2.05 bits per heavy atom. The molecule has 0 atom stereocenters. The SMILES string of the molecule is CN=C(NCCc1ccco1)NCCC1CCCCC1. The molecule has 0 unspecified atom stereocenters. The van der Waals surface area contributed by atoms with Gasteiger partial charge in [-0.05, 0) is 24.5 Å². The molecular formula is C16H27N3O. The van der Waals surface area contributed by atoms with Gasteiger partial charge in [-0.15, -0.1) is 0 Å². The van der Waals surface area contributed by atoms with Crippen LogP contribution in [0.2, 0.25) is 0 Å². The number of guanidine groups is 1. The molecule has 1 fully saturated rings. The van der Waals surface area contributed by atoms with Crippen LogP contribution in [-0.4, -0.2) is 26.1 Å². The maximum atomic E-state index is 5.31. The number of furan rings is 1. The average molecular weight is 277 g/mol. The molecule has 0 bridgehead atoms. The van der Waals surface area contributed by atoms with Crippen LogP contribution in [0, 0.1) is 5.92 Å². The molecule has 1 aromatic rings. The van der Waals surface area contributed by atoms with Crippen molar-refractivity contribution in [1.82, 2.24) is 10.6 Å². The minimum Gasteiger partial charge on any atom is -0.469 e. The first-order valence-corrected chi connectivity index (χ1v) is 7.85. The van der Waals surface area contributed by atoms with Gasteiger partial charge in [0.25, 0.3) is 0 Å². The Bertz CT molecular complexity index is 380. The van der Waals surface area contributed by atoms with Crippen LogP contribution in [-0.2, 0) is 6.42 Å². The van der Waals surface area contributed by atoms with Crippen molar-refractivity contribution in [3.8, 4) is 0 Å². The summed E-state index contributed by atoms with van der Waals surface area (Å²) in [5, 5.41) is 6.73. The average Bonchev–Trinajstić information content (AvgIpc) is 3.00. The second-order valence-corrected chi connectivity index (χ2v) is 5.55. The molecule has 1 aliphatic carbocycles. The molecule has 20 heavy (non-hydrogen) atoms. The van der Waals surface area contributed by atoms with E-state index in [-0.39, 0.29) is 0 Å². The number of hydrogen-bond donors (Lipinski definition) is 2. The lowest BCUT2D eigenvalue weighted by Crippen LogP contribution is -2.39. The molecule has 0 aromatic carbocycles. The number of hydrogen-bond acceptors (Lipinski definition) is 2. The number of nitrogens with zero attached hydrogens (tertiary/aromatic N) is 1. The Labute approximate surface area is 122 Å². The Morgan fingerprint density at radius 3 is 2.75 bits per heavy atom. The van der Waals surface area contributed by atoms with Gasteiger partial charge in [0.2, 0.25) is 0 Å². The fourth-order valence-electron chi connectivity index (χ4n) is 2.85. The van der Waals surface area contributed by atoms with Crippen molar-refractivity contribution in [2.24, 2.45) is 10.9 Å². The highest BCUT2D eigenvalue weighted by molar-refractivity contribution is 5.79. The summed E-state index contributed by atoms with van der Waals surface area (Å²) in [5.74, 6) is 2.82. The van der Waals surface area contributed by atoms with E-state index in [1.54, 1.807) is 6.26 Å². The minimum atomic E-state index is 0.844. The van der Waals surface area contributed by atoms with E-state index in [0.717, 1.165) is 37.1 Å². The monoisotopic (exact) mass is 277 g/mol. The van der Waals surface area contributed by atoms with E-state index in [9.17, 15) is 0 Å². The number of nitrogens with one attached hydrogen (secondary N) is 2. The standard InChI is InChI=1S/C16H27N3O/c1-17-16(19-12-10-15-8-5-13-20-15)18-11-9-14-6-3-2-4-7-14/h5,8,13-14H,2-4,6-7,9-12H2,1H3,(H2,17,18,19). The van der Waals surface area contributed by atoms with Gasteiger partial charge in [-0.3, -0.25) is 4.99 Å². The van der Waals surface area contributed by atoms with Gasteiger partial charge >= 0.3 is 0 Å². The third-order valence-corrected chi connectivity index (χ3v) is 4.04. The zero-order valence-electron chi connectivity index (χ0n) is 12.5. The first-order chi connectivity index (χ1) is 9.88. The lowest BCUT2D eigenvalue weighted by atomic mass is 9.87. The van der Waals surface area contributed by atoms with Crippen LogP contribution < -0.4 is 10.6 Å². The highest BCUT2D eigenvalue weighted by Crippen LogP contribution is 2.25. The van der Waals surface area contributed by atoms with Crippen LogP contribution in [0.3, 0.4) is 0 Å². The van der Waals surface area contributed by atoms with E-state index in [0.29, 0.717) is 0 Å². The second-order valence-electron chi connectivity index (χ2n) is 5.55. The fraction of sp³-hybridized carbons (Fsp3) is 0.688. The number of aliphatic imine (C=N–C) groups is 1. The smallest absolute Gasteiger partial charge is 0.190 e. The van der Waals surface area contributed by atoms with Crippen LogP contribution in [0.25, 0.3) is 0 Å². The summed E-state index contributed by atoms with van der Waals surface area (Å²) in [7, 11) is 1.82. The summed E-state index contributed by atoms with van der Waals surface area (Å²) in [5.41, 5.74) is 0. The molecule has 0 aliphatic heterocycles. The van der Waals surface area contributed by atoms with Crippen molar-refractivity contribution in [3.63, 3.8) is 0 Å². The molecule has 112 valence electrons. The molecule has 2 N–H and O–H groups in total. The second kappa shape index (κ2) is 8.67. The summed E-state index contributed by atoms with van der Waals surface area (Å²) in [6.45, 7) is 1.86. The quantitative estimate of drug-likeness (QED) is 0.621. The van der Waals surface area contributed by atoms with Crippen molar-refractivity contribution >= 4 is 5.96 Å². The van der Waals surface area contributed by atoms with Crippen molar-refractivity contribution in [1.29, 1.82) is 0 Å². The van der Waals surface area contributed by atoms with Gasteiger partial charge in [0, 0.05) is 26.6 Å². The Morgan fingerprint density at radius 1 is 1.25 bits per heavy atom. The molecule has 0 saturated heterocycles. The van der Waals surface area contributed by atoms with Gasteiger partial charge < -0.3 is 15.1 Å². The molecule has 0 spiro atoms. The van der Waals surface area contributed by atoms with Gasteiger partial charge in [0.1, 0.15) is 5.76 Å². The van der Waals surface area contributed by atoms with E-state index in [4.69, 9.17) is 4.42 Å². The highest BCUT2D eigenvalue weighted by atomic mass is 16.3. The fourth-order valence-corrected chi connectivity index (χ4v) is 2.85. The maximum Gasteiger partial charge on any atom is 0.190 e. The lowest BCUT2D eigenvalue weighted by Gasteiger charge is -2.22. The topological polar surface area (TPSA) is 49.6 Å². The molecule has 4 heteroatoms. The van der Waals surface area contributed by atoms with Gasteiger partial charge in [-0.25, -0.2) is 0 Å². The van der Waals surface area contributed by atoms with Crippen LogP contribution in [0.1, 0.15) is 44.3 Å². The van der Waals surface area contributed by atoms with E-state index in [1.807, 2.05) is 19.2 Å². The summed E-state index contributed by atoms with van der Waals surface area (Å²) in [6, 6.07) is 3.92. The van der Waals surface area contributed by atoms with E-state index in [1.165, 1.54) is 38.5 Å². The summed E-state index contributed by atoms with van der Waals surface area (Å²) < 4.78 is 5.31. The van der Waals surface area contributed by atoms with Crippen LogP contribution in [0.5, 0.6) is 0 Å². The molecule has 0 amide bonds. The third kappa shape index (κ3) is 5.27. The Hall–Kier alpha value is -1.45. The van der Waals surface area contributed by atoms with Gasteiger partial charge in [0.05, 0.1) is 6.26 Å². The predicted molar refractivity (Wildman–Crippen MR) is 83.0 cm³/mol. The summed E-state index contributed by atoms with van der Waals surface area (Å²) >= 11 is 0. The van der Waals surface area contributed by atoms with E-state index >= 15 is 0 Å². The van der Waals surface area contributed by atoms with E-state index in [2.05, 4.69) is 15.6 Å². The molecule has 1 saturated carbocycles. The molecule has 2 rings (SSSR count). The summed E-state index contributed by atoms with van der Waals surface area (Å²) in [6.07, 6.45) is 10.9. The lowest BCUT2D eigenvalue weighted by molar-refractivity contribution is 0.339. The molecule has 0 radical (unpaired) electrons. The van der Waals surface area contributed by atoms with Crippen molar-refractivity contribution in [3.05, 3.63) is 24.2 Å². The molecule has 4 nitrogen and oxygen atoms in total. The predicted octanol–water partition coefficient (Wildman–Crippen LogP) is 2.96. The van der Waals surface area contributed by atoms with Crippen molar-refractivity contribution in [2.45, 2.75) is 44.9 Å². The van der Waals surface area contributed by atoms with Gasteiger partial charge in [0.15, 0.2) is 5.96 Å². The molecular weight excluding hydrogens is 250 g/mol. The van der Waals surface area contributed by atoms with Crippen molar-refractivity contribution in [2.75, 3.05) is 20.1 Å². The first-order valence-electron chi connectivity index (χ1n) is 7.85. The zero-order valence-corrected chi connectivity index (χ0v) is 12.5. The van der Waals surface area contributed by atoms with Gasteiger partial charge in [-0.1, -0.05) is 32.1 Å². The van der Waals surface area contributed by atoms with Crippen LogP contribution >= 0.6 is 0 Å². The zero-order chi connectivity index (χ0) is 14.0. The maximum absolute atomic E-state index is 5.31. The third-order valence-electron chi connectivity index (χ3n) is 4.04.